The lowest BCUT2D eigenvalue weighted by Crippen LogP contribution is -2.16. The highest BCUT2D eigenvalue weighted by Gasteiger charge is 2.49. The Balaban J connectivity index is 2.50. The van der Waals surface area contributed by atoms with Gasteiger partial charge < -0.3 is 9.84 Å². The van der Waals surface area contributed by atoms with Crippen molar-refractivity contribution >= 4 is 5.97 Å². The van der Waals surface area contributed by atoms with Gasteiger partial charge in [0.05, 0.1) is 13.5 Å². The molecule has 0 spiro atoms. The minimum Gasteiger partial charge on any atom is -0.496 e. The third-order valence-corrected chi connectivity index (χ3v) is 3.45. The predicted molar refractivity (Wildman–Crippen MR) is 60.9 cm³/mol. The van der Waals surface area contributed by atoms with E-state index in [-0.39, 0.29) is 12.2 Å². The Hall–Kier alpha value is -1.58. The van der Waals surface area contributed by atoms with Crippen LogP contribution in [-0.2, 0) is 10.2 Å². The van der Waals surface area contributed by atoms with Crippen LogP contribution in [0.2, 0.25) is 0 Å². The van der Waals surface area contributed by atoms with Gasteiger partial charge in [0, 0.05) is 11.0 Å². The van der Waals surface area contributed by atoms with Crippen molar-refractivity contribution in [3.8, 4) is 5.75 Å². The average Bonchev–Trinajstić information content (AvgIpc) is 3.01. The number of rotatable bonds is 4. The number of carboxylic acid groups (broad SMARTS) is 1. The first-order chi connectivity index (χ1) is 8.00. The summed E-state index contributed by atoms with van der Waals surface area (Å²) in [7, 11) is 1.52. The second-order valence-corrected chi connectivity index (χ2v) is 4.60. The molecule has 1 N–H and O–H groups in total. The van der Waals surface area contributed by atoms with Crippen molar-refractivity contribution in [2.24, 2.45) is 0 Å². The zero-order valence-electron chi connectivity index (χ0n) is 9.92. The number of benzene rings is 1. The summed E-state index contributed by atoms with van der Waals surface area (Å²) in [6, 6.07) is 2.92. The molecule has 2 rings (SSSR count). The molecule has 3 nitrogen and oxygen atoms in total. The molecule has 0 aliphatic heterocycles. The number of halogens is 1. The van der Waals surface area contributed by atoms with E-state index in [2.05, 4.69) is 0 Å². The van der Waals surface area contributed by atoms with Crippen LogP contribution >= 0.6 is 0 Å². The molecule has 0 bridgehead atoms. The summed E-state index contributed by atoms with van der Waals surface area (Å²) in [5.41, 5.74) is 0.800. The Bertz CT molecular complexity index is 464. The largest absolute Gasteiger partial charge is 0.496 e. The quantitative estimate of drug-likeness (QED) is 0.877. The van der Waals surface area contributed by atoms with Crippen molar-refractivity contribution in [2.75, 3.05) is 7.11 Å². The first-order valence-electron chi connectivity index (χ1n) is 5.55. The lowest BCUT2D eigenvalue weighted by molar-refractivity contribution is -0.137. The monoisotopic (exact) mass is 238 g/mol. The first-order valence-corrected chi connectivity index (χ1v) is 5.55. The van der Waals surface area contributed by atoms with E-state index < -0.39 is 11.4 Å². The van der Waals surface area contributed by atoms with Crippen LogP contribution in [0.4, 0.5) is 4.39 Å². The molecule has 0 atom stereocenters. The Morgan fingerprint density at radius 2 is 2.18 bits per heavy atom. The summed E-state index contributed by atoms with van der Waals surface area (Å²) in [5.74, 6) is -0.576. The average molecular weight is 238 g/mol. The summed E-state index contributed by atoms with van der Waals surface area (Å²) < 4.78 is 18.8. The maximum absolute atomic E-state index is 13.6. The van der Waals surface area contributed by atoms with Gasteiger partial charge in [0.1, 0.15) is 11.6 Å². The van der Waals surface area contributed by atoms with Crippen molar-refractivity contribution in [2.45, 2.75) is 31.6 Å². The molecule has 0 heterocycles. The van der Waals surface area contributed by atoms with Crippen LogP contribution in [0.3, 0.4) is 0 Å². The van der Waals surface area contributed by atoms with Crippen LogP contribution < -0.4 is 4.74 Å². The maximum atomic E-state index is 13.6. The van der Waals surface area contributed by atoms with E-state index >= 15 is 0 Å². The summed E-state index contributed by atoms with van der Waals surface area (Å²) in [4.78, 5) is 10.9. The Morgan fingerprint density at radius 3 is 2.65 bits per heavy atom. The zero-order chi connectivity index (χ0) is 12.6. The number of ether oxygens (including phenoxy) is 1. The van der Waals surface area contributed by atoms with Crippen molar-refractivity contribution in [3.63, 3.8) is 0 Å². The third-order valence-electron chi connectivity index (χ3n) is 3.45. The molecule has 92 valence electrons. The molecule has 17 heavy (non-hydrogen) atoms. The van der Waals surface area contributed by atoms with Gasteiger partial charge in [-0.15, -0.1) is 0 Å². The van der Waals surface area contributed by atoms with E-state index in [4.69, 9.17) is 9.84 Å². The second kappa shape index (κ2) is 4.02. The third kappa shape index (κ3) is 1.99. The van der Waals surface area contributed by atoms with Crippen molar-refractivity contribution in [1.29, 1.82) is 0 Å². The van der Waals surface area contributed by atoms with Crippen molar-refractivity contribution in [3.05, 3.63) is 29.1 Å². The SMILES string of the molecule is COc1ccc(F)c(C)c1C1(CC(=O)O)CC1. The summed E-state index contributed by atoms with van der Waals surface area (Å²) in [5, 5.41) is 8.94. The van der Waals surface area contributed by atoms with Crippen molar-refractivity contribution in [1.82, 2.24) is 0 Å². The van der Waals surface area contributed by atoms with Gasteiger partial charge in [-0.25, -0.2) is 4.39 Å². The predicted octanol–water partition coefficient (Wildman–Crippen LogP) is 2.65. The summed E-state index contributed by atoms with van der Waals surface area (Å²) in [6.07, 6.45) is 1.59. The fraction of sp³-hybridized carbons (Fsp3) is 0.462. The van der Waals surface area contributed by atoms with E-state index in [0.29, 0.717) is 11.3 Å². The summed E-state index contributed by atoms with van der Waals surface area (Å²) >= 11 is 0. The molecule has 4 heteroatoms. The summed E-state index contributed by atoms with van der Waals surface area (Å²) in [6.45, 7) is 1.68. The van der Waals surface area contributed by atoms with Crippen LogP contribution in [0, 0.1) is 12.7 Å². The van der Waals surface area contributed by atoms with Crippen LogP contribution in [0.1, 0.15) is 30.4 Å². The molecule has 1 aliphatic carbocycles. The van der Waals surface area contributed by atoms with Gasteiger partial charge >= 0.3 is 5.97 Å². The molecular formula is C13H15FO3. The van der Waals surface area contributed by atoms with Crippen molar-refractivity contribution < 1.29 is 19.0 Å². The maximum Gasteiger partial charge on any atom is 0.304 e. The number of aliphatic carboxylic acids is 1. The van der Waals surface area contributed by atoms with E-state index in [1.54, 1.807) is 13.0 Å². The first kappa shape index (κ1) is 11.9. The van der Waals surface area contributed by atoms with Gasteiger partial charge in [0.15, 0.2) is 0 Å². The van der Waals surface area contributed by atoms with E-state index in [0.717, 1.165) is 18.4 Å². The zero-order valence-corrected chi connectivity index (χ0v) is 9.92. The van der Waals surface area contributed by atoms with Crippen LogP contribution in [0.15, 0.2) is 12.1 Å². The molecular weight excluding hydrogens is 223 g/mol. The minimum absolute atomic E-state index is 0.0354. The molecule has 0 aromatic heterocycles. The molecule has 0 amide bonds. The molecule has 1 saturated carbocycles. The fourth-order valence-electron chi connectivity index (χ4n) is 2.45. The molecule has 0 saturated heterocycles. The highest BCUT2D eigenvalue weighted by atomic mass is 19.1. The number of hydrogen-bond donors (Lipinski definition) is 1. The molecule has 1 aromatic carbocycles. The lowest BCUT2D eigenvalue weighted by atomic mass is 9.88. The van der Waals surface area contributed by atoms with E-state index in [1.807, 2.05) is 0 Å². The van der Waals surface area contributed by atoms with E-state index in [1.165, 1.54) is 13.2 Å². The second-order valence-electron chi connectivity index (χ2n) is 4.60. The van der Waals surface area contributed by atoms with Gasteiger partial charge in [-0.3, -0.25) is 4.79 Å². The van der Waals surface area contributed by atoms with Gasteiger partial charge in [-0.2, -0.15) is 0 Å². The van der Waals surface area contributed by atoms with Crippen LogP contribution in [0.5, 0.6) is 5.75 Å². The molecule has 0 unspecified atom stereocenters. The highest BCUT2D eigenvalue weighted by Crippen LogP contribution is 2.55. The van der Waals surface area contributed by atoms with Crippen LogP contribution in [0.25, 0.3) is 0 Å². The Labute approximate surface area is 99.2 Å². The molecule has 0 radical (unpaired) electrons. The minimum atomic E-state index is -0.854. The molecule has 1 aromatic rings. The number of hydrogen-bond acceptors (Lipinski definition) is 2. The topological polar surface area (TPSA) is 46.5 Å². The lowest BCUT2D eigenvalue weighted by Gasteiger charge is -2.20. The normalized spacial score (nSPS) is 16.6. The fourth-order valence-corrected chi connectivity index (χ4v) is 2.45. The van der Waals surface area contributed by atoms with Gasteiger partial charge in [0.2, 0.25) is 0 Å². The number of methoxy groups -OCH3 is 1. The van der Waals surface area contributed by atoms with Gasteiger partial charge in [-0.1, -0.05) is 0 Å². The van der Waals surface area contributed by atoms with E-state index in [9.17, 15) is 9.18 Å². The number of carboxylic acids is 1. The highest BCUT2D eigenvalue weighted by molar-refractivity contribution is 5.71. The Kier molecular flexibility index (Phi) is 2.81. The standard InChI is InChI=1S/C13H15FO3/c1-8-9(14)3-4-10(17-2)12(8)13(5-6-13)7-11(15)16/h3-4H,5-7H2,1-2H3,(H,15,16). The van der Waals surface area contributed by atoms with Crippen LogP contribution in [-0.4, -0.2) is 18.2 Å². The molecule has 1 aliphatic rings. The number of carbonyl (C=O) groups is 1. The van der Waals surface area contributed by atoms with Gasteiger partial charge in [0.25, 0.3) is 0 Å². The van der Waals surface area contributed by atoms with Gasteiger partial charge in [-0.05, 0) is 37.5 Å². The molecule has 1 fully saturated rings. The Morgan fingerprint density at radius 1 is 1.53 bits per heavy atom. The smallest absolute Gasteiger partial charge is 0.304 e.